The van der Waals surface area contributed by atoms with Crippen molar-refractivity contribution >= 4 is 20.5 Å². The van der Waals surface area contributed by atoms with Gasteiger partial charge in [-0.2, -0.15) is 0 Å². The van der Waals surface area contributed by atoms with E-state index in [0.717, 1.165) is 51.4 Å². The van der Waals surface area contributed by atoms with Crippen LogP contribution in [0.3, 0.4) is 0 Å². The monoisotopic (exact) mass is 312 g/mol. The summed E-state index contributed by atoms with van der Waals surface area (Å²) in [5.41, 5.74) is 0.587. The molecule has 0 unspecified atom stereocenters. The fourth-order valence-electron chi connectivity index (χ4n) is 4.15. The van der Waals surface area contributed by atoms with E-state index in [9.17, 15) is 9.59 Å². The molecule has 0 amide bonds. The van der Waals surface area contributed by atoms with Gasteiger partial charge in [0.25, 0.3) is 11.9 Å². The van der Waals surface area contributed by atoms with Gasteiger partial charge in [-0.1, -0.05) is 38.5 Å². The van der Waals surface area contributed by atoms with E-state index in [1.165, 1.54) is 26.7 Å². The zero-order valence-corrected chi connectivity index (χ0v) is 14.4. The Hall–Kier alpha value is -0.843. The molecule has 2 aliphatic carbocycles. The van der Waals surface area contributed by atoms with Crippen LogP contribution in [0.4, 0.5) is 0 Å². The van der Waals surface area contributed by atoms with Crippen molar-refractivity contribution in [1.29, 1.82) is 0 Å². The van der Waals surface area contributed by atoms with Crippen molar-refractivity contribution < 1.29 is 18.4 Å². The van der Waals surface area contributed by atoms with Gasteiger partial charge in [0.1, 0.15) is 0 Å². The van der Waals surface area contributed by atoms with Gasteiger partial charge in [0, 0.05) is 24.9 Å². The maximum Gasteiger partial charge on any atom is 0.470 e. The van der Waals surface area contributed by atoms with Crippen molar-refractivity contribution in [3.63, 3.8) is 0 Å². The second-order valence-corrected chi connectivity index (χ2v) is 10.1. The second-order valence-electron chi connectivity index (χ2n) is 6.58. The molecule has 0 radical (unpaired) electrons. The third-order valence-corrected chi connectivity index (χ3v) is 9.60. The third-order valence-electron chi connectivity index (χ3n) is 4.95. The highest BCUT2D eigenvalue weighted by Crippen LogP contribution is 2.49. The van der Waals surface area contributed by atoms with E-state index in [1.807, 2.05) is 0 Å². The predicted octanol–water partition coefficient (Wildman–Crippen LogP) is 4.22. The van der Waals surface area contributed by atoms with Crippen LogP contribution in [0.15, 0.2) is 0 Å². The molecule has 2 rings (SSSR count). The highest BCUT2D eigenvalue weighted by molar-refractivity contribution is 6.73. The SMILES string of the molecule is CC(=O)O[Si](OC(C)=O)(C1CCCCC1)C1CCCCC1. The van der Waals surface area contributed by atoms with Crippen LogP contribution in [0.2, 0.25) is 11.1 Å². The Labute approximate surface area is 128 Å². The van der Waals surface area contributed by atoms with E-state index >= 15 is 0 Å². The number of hydrogen-bond acceptors (Lipinski definition) is 4. The minimum absolute atomic E-state index is 0.279. The molecule has 2 fully saturated rings. The molecule has 0 N–H and O–H groups in total. The summed E-state index contributed by atoms with van der Waals surface area (Å²) >= 11 is 0. The Bertz CT molecular complexity index is 334. The molecule has 0 heterocycles. The van der Waals surface area contributed by atoms with Crippen molar-refractivity contribution in [2.24, 2.45) is 0 Å². The largest absolute Gasteiger partial charge is 0.485 e. The fourth-order valence-corrected chi connectivity index (χ4v) is 8.85. The van der Waals surface area contributed by atoms with Gasteiger partial charge in [-0.15, -0.1) is 0 Å². The van der Waals surface area contributed by atoms with Crippen molar-refractivity contribution in [2.45, 2.75) is 89.1 Å². The van der Waals surface area contributed by atoms with Crippen LogP contribution >= 0.6 is 0 Å². The second kappa shape index (κ2) is 7.43. The van der Waals surface area contributed by atoms with Crippen LogP contribution in [-0.4, -0.2) is 20.5 Å². The lowest BCUT2D eigenvalue weighted by Gasteiger charge is -2.43. The van der Waals surface area contributed by atoms with Crippen molar-refractivity contribution in [1.82, 2.24) is 0 Å². The fraction of sp³-hybridized carbons (Fsp3) is 0.875. The van der Waals surface area contributed by atoms with Crippen LogP contribution < -0.4 is 0 Å². The van der Waals surface area contributed by atoms with Gasteiger partial charge in [-0.3, -0.25) is 9.59 Å². The average molecular weight is 312 g/mol. The maximum atomic E-state index is 11.7. The average Bonchev–Trinajstić information content (AvgIpc) is 2.47. The smallest absolute Gasteiger partial charge is 0.470 e. The Morgan fingerprint density at radius 2 is 1.05 bits per heavy atom. The van der Waals surface area contributed by atoms with E-state index < -0.39 is 8.56 Å². The summed E-state index contributed by atoms with van der Waals surface area (Å²) < 4.78 is 11.8. The number of carbonyl (C=O) groups excluding carboxylic acids is 2. The van der Waals surface area contributed by atoms with Crippen molar-refractivity contribution in [2.75, 3.05) is 0 Å². The first-order valence-electron chi connectivity index (χ1n) is 8.44. The molecule has 0 atom stereocenters. The van der Waals surface area contributed by atoms with Crippen LogP contribution in [0.25, 0.3) is 0 Å². The van der Waals surface area contributed by atoms with Gasteiger partial charge >= 0.3 is 8.56 Å². The molecule has 4 nitrogen and oxygen atoms in total. The van der Waals surface area contributed by atoms with Gasteiger partial charge < -0.3 is 8.85 Å². The Balaban J connectivity index is 2.29. The summed E-state index contributed by atoms with van der Waals surface area (Å²) in [5.74, 6) is -0.557. The van der Waals surface area contributed by atoms with Gasteiger partial charge in [-0.05, 0) is 25.7 Å². The van der Waals surface area contributed by atoms with E-state index in [0.29, 0.717) is 11.1 Å². The predicted molar refractivity (Wildman–Crippen MR) is 83.0 cm³/mol. The summed E-state index contributed by atoms with van der Waals surface area (Å²) in [7, 11) is -2.82. The normalized spacial score (nSPS) is 21.8. The highest BCUT2D eigenvalue weighted by atomic mass is 28.4. The minimum atomic E-state index is -2.82. The lowest BCUT2D eigenvalue weighted by atomic mass is 9.99. The zero-order chi connectivity index (χ0) is 15.3. The van der Waals surface area contributed by atoms with Crippen molar-refractivity contribution in [3.05, 3.63) is 0 Å². The van der Waals surface area contributed by atoms with Crippen molar-refractivity contribution in [3.8, 4) is 0 Å². The summed E-state index contributed by atoms with van der Waals surface area (Å²) in [6.45, 7) is 2.91. The summed E-state index contributed by atoms with van der Waals surface area (Å²) in [4.78, 5) is 23.5. The van der Waals surface area contributed by atoms with Crippen LogP contribution in [0.1, 0.15) is 78.1 Å². The Morgan fingerprint density at radius 1 is 0.714 bits per heavy atom. The number of carbonyl (C=O) groups is 2. The summed E-state index contributed by atoms with van der Waals surface area (Å²) in [5, 5.41) is 0. The number of rotatable bonds is 4. The molecule has 0 aromatic carbocycles. The molecule has 2 saturated carbocycles. The molecule has 2 aliphatic rings. The lowest BCUT2D eigenvalue weighted by molar-refractivity contribution is -0.140. The van der Waals surface area contributed by atoms with Crippen LogP contribution in [-0.2, 0) is 18.4 Å². The van der Waals surface area contributed by atoms with E-state index in [4.69, 9.17) is 8.85 Å². The molecular weight excluding hydrogens is 284 g/mol. The van der Waals surface area contributed by atoms with Gasteiger partial charge in [0.2, 0.25) is 0 Å². The molecule has 0 bridgehead atoms. The van der Waals surface area contributed by atoms with E-state index in [1.54, 1.807) is 0 Å². The summed E-state index contributed by atoms with van der Waals surface area (Å²) in [6.07, 6.45) is 11.3. The molecule has 0 aromatic rings. The van der Waals surface area contributed by atoms with Crippen LogP contribution in [0, 0.1) is 0 Å². The quantitative estimate of drug-likeness (QED) is 0.729. The first-order chi connectivity index (χ1) is 10.0. The van der Waals surface area contributed by atoms with Gasteiger partial charge in [0.15, 0.2) is 0 Å². The number of hydrogen-bond donors (Lipinski definition) is 0. The minimum Gasteiger partial charge on any atom is -0.485 e. The van der Waals surface area contributed by atoms with E-state index in [-0.39, 0.29) is 11.9 Å². The van der Waals surface area contributed by atoms with Crippen LogP contribution in [0.5, 0.6) is 0 Å². The van der Waals surface area contributed by atoms with E-state index in [2.05, 4.69) is 0 Å². The van der Waals surface area contributed by atoms with Gasteiger partial charge in [0.05, 0.1) is 0 Å². The zero-order valence-electron chi connectivity index (χ0n) is 13.4. The lowest BCUT2D eigenvalue weighted by Crippen LogP contribution is -2.54. The molecule has 21 heavy (non-hydrogen) atoms. The molecular formula is C16H28O4Si. The molecule has 0 aliphatic heterocycles. The first kappa shape index (κ1) is 16.5. The highest BCUT2D eigenvalue weighted by Gasteiger charge is 2.57. The molecule has 0 spiro atoms. The third kappa shape index (κ3) is 4.08. The Morgan fingerprint density at radius 3 is 1.33 bits per heavy atom. The molecule has 0 aromatic heterocycles. The molecule has 120 valence electrons. The molecule has 0 saturated heterocycles. The molecule has 5 heteroatoms. The van der Waals surface area contributed by atoms with Gasteiger partial charge in [-0.25, -0.2) is 0 Å². The summed E-state index contributed by atoms with van der Waals surface area (Å²) in [6, 6.07) is 0. The Kier molecular flexibility index (Phi) is 5.85. The standard InChI is InChI=1S/C16H28O4Si/c1-13(17)19-21(20-14(2)18,15-9-5-3-6-10-15)16-11-7-4-8-12-16/h15-16H,3-12H2,1-2H3. The topological polar surface area (TPSA) is 52.6 Å². The maximum absolute atomic E-state index is 11.7. The first-order valence-corrected chi connectivity index (χ1v) is 10.4.